The van der Waals surface area contributed by atoms with Crippen molar-refractivity contribution in [2.45, 2.75) is 25.8 Å². The van der Waals surface area contributed by atoms with Gasteiger partial charge < -0.3 is 11.1 Å². The van der Waals surface area contributed by atoms with Crippen molar-refractivity contribution in [3.63, 3.8) is 0 Å². The molecule has 1 aromatic heterocycles. The Hall–Kier alpha value is -0.510. The molecule has 1 unspecified atom stereocenters. The van der Waals surface area contributed by atoms with Gasteiger partial charge in [-0.1, -0.05) is 30.1 Å². The third-order valence-corrected chi connectivity index (χ3v) is 2.65. The van der Waals surface area contributed by atoms with Crippen molar-refractivity contribution >= 4 is 29.0 Å². The molecule has 0 aromatic carbocycles. The smallest absolute Gasteiger partial charge is 0.145 e. The zero-order valence-corrected chi connectivity index (χ0v) is 10.1. The highest BCUT2D eigenvalue weighted by atomic mass is 35.5. The van der Waals surface area contributed by atoms with Crippen molar-refractivity contribution in [3.05, 3.63) is 22.3 Å². The van der Waals surface area contributed by atoms with Crippen LogP contribution in [-0.2, 0) is 0 Å². The Kier molecular flexibility index (Phi) is 5.15. The molecule has 3 N–H and O–H groups in total. The molecule has 0 aliphatic carbocycles. The minimum Gasteiger partial charge on any atom is -0.366 e. The van der Waals surface area contributed by atoms with Crippen LogP contribution in [0.25, 0.3) is 0 Å². The van der Waals surface area contributed by atoms with E-state index in [0.717, 1.165) is 12.8 Å². The Bertz CT molecular complexity index is 318. The molecule has 5 heteroatoms. The van der Waals surface area contributed by atoms with E-state index in [-0.39, 0.29) is 0 Å². The molecule has 84 valence electrons. The fraction of sp³-hybridized carbons (Fsp3) is 0.500. The van der Waals surface area contributed by atoms with Crippen molar-refractivity contribution < 1.29 is 0 Å². The number of rotatable bonds is 5. The van der Waals surface area contributed by atoms with E-state index in [1.54, 1.807) is 12.3 Å². The monoisotopic (exact) mass is 247 g/mol. The van der Waals surface area contributed by atoms with Gasteiger partial charge in [-0.2, -0.15) is 0 Å². The molecule has 0 fully saturated rings. The van der Waals surface area contributed by atoms with E-state index >= 15 is 0 Å². The topological polar surface area (TPSA) is 50.9 Å². The Morgan fingerprint density at radius 3 is 2.80 bits per heavy atom. The van der Waals surface area contributed by atoms with Crippen LogP contribution in [-0.4, -0.2) is 17.6 Å². The maximum absolute atomic E-state index is 5.99. The van der Waals surface area contributed by atoms with Gasteiger partial charge in [0.2, 0.25) is 0 Å². The number of nitrogens with two attached hydrogens (primary N) is 1. The summed E-state index contributed by atoms with van der Waals surface area (Å²) in [6, 6.07) is 1.98. The Labute approximate surface area is 100.0 Å². The zero-order valence-electron chi connectivity index (χ0n) is 8.63. The summed E-state index contributed by atoms with van der Waals surface area (Å²) in [6.45, 7) is 2.74. The van der Waals surface area contributed by atoms with E-state index in [2.05, 4.69) is 17.2 Å². The summed E-state index contributed by atoms with van der Waals surface area (Å²) in [7, 11) is 0. The first-order valence-corrected chi connectivity index (χ1v) is 5.70. The highest BCUT2D eigenvalue weighted by Gasteiger charge is 2.08. The van der Waals surface area contributed by atoms with Crippen LogP contribution in [0.15, 0.2) is 12.3 Å². The van der Waals surface area contributed by atoms with E-state index in [4.69, 9.17) is 28.9 Å². The highest BCUT2D eigenvalue weighted by Crippen LogP contribution is 2.23. The number of hydrogen-bond acceptors (Lipinski definition) is 3. The minimum atomic E-state index is 0.307. The predicted octanol–water partition coefficient (Wildman–Crippen LogP) is 2.93. The first kappa shape index (κ1) is 12.6. The van der Waals surface area contributed by atoms with Gasteiger partial charge in [-0.05, 0) is 25.5 Å². The van der Waals surface area contributed by atoms with Gasteiger partial charge in [-0.15, -0.1) is 0 Å². The van der Waals surface area contributed by atoms with E-state index in [1.165, 1.54) is 0 Å². The fourth-order valence-electron chi connectivity index (χ4n) is 1.29. The summed E-state index contributed by atoms with van der Waals surface area (Å²) in [6.07, 6.45) is 3.46. The van der Waals surface area contributed by atoms with Crippen LogP contribution < -0.4 is 11.1 Å². The molecule has 0 aliphatic heterocycles. The number of pyridine rings is 1. The Morgan fingerprint density at radius 2 is 2.27 bits per heavy atom. The summed E-state index contributed by atoms with van der Waals surface area (Å²) in [4.78, 5) is 4.13. The molecule has 3 nitrogen and oxygen atoms in total. The van der Waals surface area contributed by atoms with Gasteiger partial charge in [0.15, 0.2) is 0 Å². The van der Waals surface area contributed by atoms with Crippen LogP contribution in [0.5, 0.6) is 0 Å². The SMILES string of the molecule is CCC(CCN)Nc1ncc(Cl)cc1Cl. The van der Waals surface area contributed by atoms with Gasteiger partial charge in [-0.25, -0.2) is 4.98 Å². The molecule has 0 radical (unpaired) electrons. The molecule has 0 spiro atoms. The molecule has 0 saturated heterocycles. The lowest BCUT2D eigenvalue weighted by molar-refractivity contribution is 0.639. The van der Waals surface area contributed by atoms with Crippen molar-refractivity contribution in [2.24, 2.45) is 5.73 Å². The average Bonchev–Trinajstić information content (AvgIpc) is 2.21. The van der Waals surface area contributed by atoms with Gasteiger partial charge in [0, 0.05) is 12.2 Å². The maximum atomic E-state index is 5.99. The van der Waals surface area contributed by atoms with Crippen molar-refractivity contribution in [1.29, 1.82) is 0 Å². The number of aromatic nitrogens is 1. The van der Waals surface area contributed by atoms with Gasteiger partial charge in [0.1, 0.15) is 5.82 Å². The minimum absolute atomic E-state index is 0.307. The molecular formula is C10H15Cl2N3. The lowest BCUT2D eigenvalue weighted by Crippen LogP contribution is -2.22. The van der Waals surface area contributed by atoms with Crippen LogP contribution >= 0.6 is 23.2 Å². The Morgan fingerprint density at radius 1 is 1.53 bits per heavy atom. The largest absolute Gasteiger partial charge is 0.366 e. The van der Waals surface area contributed by atoms with Crippen LogP contribution in [0, 0.1) is 0 Å². The van der Waals surface area contributed by atoms with Crippen LogP contribution in [0.2, 0.25) is 10.0 Å². The summed E-state index contributed by atoms with van der Waals surface area (Å²) >= 11 is 11.7. The van der Waals surface area contributed by atoms with Crippen molar-refractivity contribution in [2.75, 3.05) is 11.9 Å². The first-order valence-electron chi connectivity index (χ1n) is 4.95. The van der Waals surface area contributed by atoms with Gasteiger partial charge in [0.25, 0.3) is 0 Å². The quantitative estimate of drug-likeness (QED) is 0.842. The standard InChI is InChI=1S/C10H15Cl2N3/c1-2-8(3-4-13)15-10-9(12)5-7(11)6-14-10/h5-6,8H,2-4,13H2,1H3,(H,14,15). The van der Waals surface area contributed by atoms with E-state index in [1.807, 2.05) is 0 Å². The zero-order chi connectivity index (χ0) is 11.3. The fourth-order valence-corrected chi connectivity index (χ4v) is 1.73. The van der Waals surface area contributed by atoms with Gasteiger partial charge in [-0.3, -0.25) is 0 Å². The lowest BCUT2D eigenvalue weighted by Gasteiger charge is -2.17. The third kappa shape index (κ3) is 3.86. The Balaban J connectivity index is 2.70. The number of hydrogen-bond donors (Lipinski definition) is 2. The molecule has 1 rings (SSSR count). The third-order valence-electron chi connectivity index (χ3n) is 2.16. The van der Waals surface area contributed by atoms with E-state index < -0.39 is 0 Å². The second-order valence-corrected chi connectivity index (χ2v) is 4.15. The molecule has 1 heterocycles. The molecule has 1 aromatic rings. The molecule has 0 bridgehead atoms. The second kappa shape index (κ2) is 6.16. The number of halogens is 2. The maximum Gasteiger partial charge on any atom is 0.145 e. The van der Waals surface area contributed by atoms with E-state index in [0.29, 0.717) is 28.4 Å². The summed E-state index contributed by atoms with van der Waals surface area (Å²) in [5, 5.41) is 4.32. The number of nitrogens with zero attached hydrogens (tertiary/aromatic N) is 1. The predicted molar refractivity (Wildman–Crippen MR) is 65.6 cm³/mol. The van der Waals surface area contributed by atoms with E-state index in [9.17, 15) is 0 Å². The van der Waals surface area contributed by atoms with Gasteiger partial charge in [0.05, 0.1) is 10.0 Å². The molecule has 0 amide bonds. The summed E-state index contributed by atoms with van der Waals surface area (Å²) < 4.78 is 0. The van der Waals surface area contributed by atoms with Crippen molar-refractivity contribution in [1.82, 2.24) is 4.98 Å². The lowest BCUT2D eigenvalue weighted by atomic mass is 10.1. The van der Waals surface area contributed by atoms with Crippen LogP contribution in [0.3, 0.4) is 0 Å². The number of nitrogens with one attached hydrogen (secondary N) is 1. The van der Waals surface area contributed by atoms with Crippen LogP contribution in [0.1, 0.15) is 19.8 Å². The second-order valence-electron chi connectivity index (χ2n) is 3.31. The molecule has 1 atom stereocenters. The number of anilines is 1. The highest BCUT2D eigenvalue weighted by molar-refractivity contribution is 6.35. The average molecular weight is 248 g/mol. The molecule has 15 heavy (non-hydrogen) atoms. The summed E-state index contributed by atoms with van der Waals surface area (Å²) in [5.41, 5.74) is 5.51. The summed E-state index contributed by atoms with van der Waals surface area (Å²) in [5.74, 6) is 0.668. The normalized spacial score (nSPS) is 12.5. The molecule has 0 aliphatic rings. The van der Waals surface area contributed by atoms with Crippen LogP contribution in [0.4, 0.5) is 5.82 Å². The first-order chi connectivity index (χ1) is 7.17. The molecular weight excluding hydrogens is 233 g/mol. The molecule has 0 saturated carbocycles. The van der Waals surface area contributed by atoms with Gasteiger partial charge >= 0.3 is 0 Å². The van der Waals surface area contributed by atoms with Crippen molar-refractivity contribution in [3.8, 4) is 0 Å².